The van der Waals surface area contributed by atoms with Crippen LogP contribution in [0.2, 0.25) is 0 Å². The van der Waals surface area contributed by atoms with Gasteiger partial charge in [-0.3, -0.25) is 9.59 Å². The van der Waals surface area contributed by atoms with Crippen molar-refractivity contribution < 1.29 is 18.7 Å². The Hall–Kier alpha value is -4.44. The molecule has 0 fully saturated rings. The second-order valence-corrected chi connectivity index (χ2v) is 7.36. The molecule has 166 valence electrons. The summed E-state index contributed by atoms with van der Waals surface area (Å²) in [6.07, 6.45) is 1.43. The fourth-order valence-corrected chi connectivity index (χ4v) is 3.00. The van der Waals surface area contributed by atoms with Gasteiger partial charge >= 0.3 is 0 Å². The van der Waals surface area contributed by atoms with Crippen molar-refractivity contribution in [3.8, 4) is 11.8 Å². The zero-order valence-electron chi connectivity index (χ0n) is 18.2. The average Bonchev–Trinajstić information content (AvgIpc) is 2.80. The van der Waals surface area contributed by atoms with E-state index in [4.69, 9.17) is 4.74 Å². The summed E-state index contributed by atoms with van der Waals surface area (Å²) in [4.78, 5) is 24.5. The van der Waals surface area contributed by atoms with Gasteiger partial charge in [-0.15, -0.1) is 0 Å². The number of hydrogen-bond acceptors (Lipinski definition) is 4. The van der Waals surface area contributed by atoms with Crippen LogP contribution < -0.4 is 15.4 Å². The SMILES string of the molecule is Cc1ccc(NC(=O)COc2ccc(/C=C(\C#N)C(=O)Nc3ccc(F)cc3)cc2)c(C)c1. The van der Waals surface area contributed by atoms with Crippen molar-refractivity contribution in [1.29, 1.82) is 5.26 Å². The van der Waals surface area contributed by atoms with Crippen LogP contribution in [0, 0.1) is 31.0 Å². The predicted octanol–water partition coefficient (Wildman–Crippen LogP) is 5.01. The lowest BCUT2D eigenvalue weighted by Crippen LogP contribution is -2.20. The van der Waals surface area contributed by atoms with Gasteiger partial charge in [-0.1, -0.05) is 29.8 Å². The zero-order valence-corrected chi connectivity index (χ0v) is 18.2. The molecule has 0 aliphatic heterocycles. The number of carbonyl (C=O) groups is 2. The summed E-state index contributed by atoms with van der Waals surface area (Å²) in [6, 6.07) is 19.5. The van der Waals surface area contributed by atoms with E-state index in [-0.39, 0.29) is 18.1 Å². The maximum absolute atomic E-state index is 13.0. The zero-order chi connectivity index (χ0) is 23.8. The quantitative estimate of drug-likeness (QED) is 0.397. The number of amides is 2. The highest BCUT2D eigenvalue weighted by atomic mass is 19.1. The molecule has 3 rings (SSSR count). The maximum Gasteiger partial charge on any atom is 0.266 e. The van der Waals surface area contributed by atoms with Crippen LogP contribution in [-0.2, 0) is 9.59 Å². The highest BCUT2D eigenvalue weighted by Crippen LogP contribution is 2.18. The fourth-order valence-electron chi connectivity index (χ4n) is 3.00. The van der Waals surface area contributed by atoms with E-state index in [0.29, 0.717) is 17.0 Å². The molecule has 0 spiro atoms. The van der Waals surface area contributed by atoms with Gasteiger partial charge in [0.1, 0.15) is 23.2 Å². The van der Waals surface area contributed by atoms with E-state index in [2.05, 4.69) is 10.6 Å². The molecule has 0 radical (unpaired) electrons. The van der Waals surface area contributed by atoms with E-state index >= 15 is 0 Å². The molecule has 0 atom stereocenters. The molecule has 0 saturated carbocycles. The number of rotatable bonds is 7. The maximum atomic E-state index is 13.0. The standard InChI is InChI=1S/C26H22FN3O3/c1-17-3-12-24(18(2)13-17)30-25(31)16-33-23-10-4-19(5-11-23)14-20(15-28)26(32)29-22-8-6-21(27)7-9-22/h3-14H,16H2,1-2H3,(H,29,32)(H,30,31)/b20-14+. The summed E-state index contributed by atoms with van der Waals surface area (Å²) in [5.74, 6) is -0.839. The number of anilines is 2. The molecule has 3 aromatic carbocycles. The van der Waals surface area contributed by atoms with Gasteiger partial charge in [0.15, 0.2) is 6.61 Å². The van der Waals surface area contributed by atoms with Crippen molar-refractivity contribution >= 4 is 29.3 Å². The van der Waals surface area contributed by atoms with Crippen molar-refractivity contribution in [2.24, 2.45) is 0 Å². The monoisotopic (exact) mass is 443 g/mol. The van der Waals surface area contributed by atoms with Crippen LogP contribution in [0.5, 0.6) is 5.75 Å². The molecule has 7 heteroatoms. The molecule has 0 aromatic heterocycles. The van der Waals surface area contributed by atoms with Gasteiger partial charge < -0.3 is 15.4 Å². The van der Waals surface area contributed by atoms with Gasteiger partial charge in [-0.2, -0.15) is 5.26 Å². The van der Waals surface area contributed by atoms with Crippen LogP contribution >= 0.6 is 0 Å². The van der Waals surface area contributed by atoms with Crippen molar-refractivity contribution in [3.63, 3.8) is 0 Å². The minimum Gasteiger partial charge on any atom is -0.484 e. The predicted molar refractivity (Wildman–Crippen MR) is 125 cm³/mol. The van der Waals surface area contributed by atoms with E-state index in [1.165, 1.54) is 30.3 Å². The van der Waals surface area contributed by atoms with Crippen LogP contribution in [-0.4, -0.2) is 18.4 Å². The smallest absolute Gasteiger partial charge is 0.266 e. The molecule has 0 bridgehead atoms. The Morgan fingerprint density at radius 1 is 1.00 bits per heavy atom. The minimum atomic E-state index is -0.604. The first-order chi connectivity index (χ1) is 15.8. The van der Waals surface area contributed by atoms with Crippen LogP contribution in [0.1, 0.15) is 16.7 Å². The number of nitrogens with zero attached hydrogens (tertiary/aromatic N) is 1. The van der Waals surface area contributed by atoms with Gasteiger partial charge in [0, 0.05) is 11.4 Å². The number of carbonyl (C=O) groups excluding carboxylic acids is 2. The van der Waals surface area contributed by atoms with E-state index in [9.17, 15) is 19.2 Å². The van der Waals surface area contributed by atoms with Crippen LogP contribution in [0.25, 0.3) is 6.08 Å². The molecule has 2 amide bonds. The first-order valence-corrected chi connectivity index (χ1v) is 10.1. The molecular formula is C26H22FN3O3. The first kappa shape index (κ1) is 23.2. The molecule has 6 nitrogen and oxygen atoms in total. The molecule has 33 heavy (non-hydrogen) atoms. The summed E-state index contributed by atoms with van der Waals surface area (Å²) >= 11 is 0. The third kappa shape index (κ3) is 6.77. The molecule has 0 saturated heterocycles. The molecule has 0 aliphatic rings. The lowest BCUT2D eigenvalue weighted by atomic mass is 10.1. The summed E-state index contributed by atoms with van der Waals surface area (Å²) < 4.78 is 18.5. The number of benzene rings is 3. The van der Waals surface area contributed by atoms with Crippen molar-refractivity contribution in [2.45, 2.75) is 13.8 Å². The lowest BCUT2D eigenvalue weighted by Gasteiger charge is -2.10. The number of nitrogens with one attached hydrogen (secondary N) is 2. The van der Waals surface area contributed by atoms with Gasteiger partial charge in [0.05, 0.1) is 0 Å². The van der Waals surface area contributed by atoms with Crippen LogP contribution in [0.15, 0.2) is 72.3 Å². The van der Waals surface area contributed by atoms with E-state index in [0.717, 1.165) is 16.8 Å². The molecule has 0 heterocycles. The Labute approximate surface area is 191 Å². The molecular weight excluding hydrogens is 421 g/mol. The number of nitriles is 1. The average molecular weight is 443 g/mol. The molecule has 0 unspecified atom stereocenters. The second kappa shape index (κ2) is 10.7. The fraction of sp³-hybridized carbons (Fsp3) is 0.115. The van der Waals surface area contributed by atoms with E-state index < -0.39 is 11.7 Å². The third-order valence-corrected chi connectivity index (χ3v) is 4.68. The van der Waals surface area contributed by atoms with Gasteiger partial charge in [0.25, 0.3) is 11.8 Å². The number of ether oxygens (including phenoxy) is 1. The Morgan fingerprint density at radius 3 is 2.33 bits per heavy atom. The summed E-state index contributed by atoms with van der Waals surface area (Å²) in [6.45, 7) is 3.75. The molecule has 3 aromatic rings. The topological polar surface area (TPSA) is 91.2 Å². The number of halogens is 1. The Morgan fingerprint density at radius 2 is 1.70 bits per heavy atom. The lowest BCUT2D eigenvalue weighted by molar-refractivity contribution is -0.118. The normalized spacial score (nSPS) is 10.8. The second-order valence-electron chi connectivity index (χ2n) is 7.36. The molecule has 0 aliphatic carbocycles. The highest BCUT2D eigenvalue weighted by molar-refractivity contribution is 6.09. The largest absolute Gasteiger partial charge is 0.484 e. The molecule has 2 N–H and O–H groups in total. The van der Waals surface area contributed by atoms with Crippen molar-refractivity contribution in [1.82, 2.24) is 0 Å². The third-order valence-electron chi connectivity index (χ3n) is 4.68. The summed E-state index contributed by atoms with van der Waals surface area (Å²) in [5.41, 5.74) is 3.69. The highest BCUT2D eigenvalue weighted by Gasteiger charge is 2.10. The Kier molecular flexibility index (Phi) is 7.55. The Bertz CT molecular complexity index is 1230. The van der Waals surface area contributed by atoms with E-state index in [1.807, 2.05) is 38.1 Å². The van der Waals surface area contributed by atoms with E-state index in [1.54, 1.807) is 24.3 Å². The Balaban J connectivity index is 1.57. The van der Waals surface area contributed by atoms with Gasteiger partial charge in [-0.05, 0) is 73.5 Å². The number of hydrogen-bond donors (Lipinski definition) is 2. The summed E-state index contributed by atoms with van der Waals surface area (Å²) in [7, 11) is 0. The van der Waals surface area contributed by atoms with Gasteiger partial charge in [-0.25, -0.2) is 4.39 Å². The first-order valence-electron chi connectivity index (χ1n) is 10.1. The van der Waals surface area contributed by atoms with Crippen molar-refractivity contribution in [3.05, 3.63) is 94.8 Å². The van der Waals surface area contributed by atoms with Gasteiger partial charge in [0.2, 0.25) is 0 Å². The number of aryl methyl sites for hydroxylation is 2. The summed E-state index contributed by atoms with van der Waals surface area (Å²) in [5, 5.41) is 14.7. The minimum absolute atomic E-state index is 0.110. The van der Waals surface area contributed by atoms with Crippen LogP contribution in [0.3, 0.4) is 0 Å². The van der Waals surface area contributed by atoms with Crippen molar-refractivity contribution in [2.75, 3.05) is 17.2 Å². The van der Waals surface area contributed by atoms with Crippen LogP contribution in [0.4, 0.5) is 15.8 Å².